The van der Waals surface area contributed by atoms with Crippen LogP contribution in [0.4, 0.5) is 5.69 Å². The van der Waals surface area contributed by atoms with Gasteiger partial charge in [0.05, 0.1) is 6.61 Å². The fourth-order valence-corrected chi connectivity index (χ4v) is 2.40. The van der Waals surface area contributed by atoms with Crippen molar-refractivity contribution in [2.24, 2.45) is 0 Å². The Kier molecular flexibility index (Phi) is 5.87. The van der Waals surface area contributed by atoms with Gasteiger partial charge >= 0.3 is 0 Å². The molecular formula is C21H22N2O. The van der Waals surface area contributed by atoms with Gasteiger partial charge < -0.3 is 10.2 Å². The van der Waals surface area contributed by atoms with E-state index in [9.17, 15) is 0 Å². The monoisotopic (exact) mass is 318 g/mol. The van der Waals surface area contributed by atoms with Crippen molar-refractivity contribution in [3.8, 4) is 5.75 Å². The molecule has 0 aliphatic carbocycles. The van der Waals surface area contributed by atoms with Crippen LogP contribution in [0, 0.1) is 0 Å². The highest BCUT2D eigenvalue weighted by atomic mass is 16.5. The Morgan fingerprint density at radius 1 is 0.667 bits per heavy atom. The van der Waals surface area contributed by atoms with Crippen LogP contribution in [-0.2, 0) is 13.0 Å². The quantitative estimate of drug-likeness (QED) is 0.603. The van der Waals surface area contributed by atoms with Crippen molar-refractivity contribution in [2.45, 2.75) is 13.0 Å². The Labute approximate surface area is 143 Å². The van der Waals surface area contributed by atoms with E-state index < -0.39 is 0 Å². The summed E-state index contributed by atoms with van der Waals surface area (Å²) in [6.45, 7) is 1.44. The van der Waals surface area contributed by atoms with E-state index in [1.807, 2.05) is 48.5 Å². The van der Waals surface area contributed by atoms with Crippen LogP contribution in [0.5, 0.6) is 5.75 Å². The number of rotatable bonds is 8. The summed E-state index contributed by atoms with van der Waals surface area (Å²) in [5.74, 6) is 0.908. The fourth-order valence-electron chi connectivity index (χ4n) is 2.40. The van der Waals surface area contributed by atoms with Crippen molar-refractivity contribution in [1.29, 1.82) is 0 Å². The Hall–Kier alpha value is -2.78. The summed E-state index contributed by atoms with van der Waals surface area (Å²) in [4.78, 5) is 0. The summed E-state index contributed by atoms with van der Waals surface area (Å²) in [6.07, 6.45) is 0.922. The molecule has 0 amide bonds. The predicted octanol–water partition coefficient (Wildman–Crippen LogP) is 4.42. The van der Waals surface area contributed by atoms with Crippen LogP contribution in [0.1, 0.15) is 11.1 Å². The first kappa shape index (κ1) is 16.1. The fraction of sp³-hybridized carbons (Fsp3) is 0.143. The van der Waals surface area contributed by atoms with Gasteiger partial charge in [0.2, 0.25) is 0 Å². The minimum absolute atomic E-state index is 0.692. The summed E-state index contributed by atoms with van der Waals surface area (Å²) in [6, 6.07) is 28.6. The number of hydrogen-bond acceptors (Lipinski definition) is 3. The number of ether oxygens (including phenoxy) is 1. The van der Waals surface area contributed by atoms with Gasteiger partial charge in [-0.3, -0.25) is 0 Å². The molecule has 0 aliphatic rings. The molecule has 122 valence electrons. The van der Waals surface area contributed by atoms with Crippen LogP contribution in [0.15, 0.2) is 84.9 Å². The Balaban J connectivity index is 1.40. The van der Waals surface area contributed by atoms with Crippen molar-refractivity contribution in [3.63, 3.8) is 0 Å². The zero-order valence-electron chi connectivity index (χ0n) is 13.6. The van der Waals surface area contributed by atoms with E-state index in [4.69, 9.17) is 4.74 Å². The second-order valence-electron chi connectivity index (χ2n) is 5.57. The zero-order chi connectivity index (χ0) is 16.5. The molecule has 3 nitrogen and oxygen atoms in total. The lowest BCUT2D eigenvalue weighted by atomic mass is 10.2. The summed E-state index contributed by atoms with van der Waals surface area (Å²) in [5, 5.41) is 0. The minimum Gasteiger partial charge on any atom is -0.493 e. The number of anilines is 1. The largest absolute Gasteiger partial charge is 0.493 e. The SMILES string of the molecule is c1ccc(CCOc2ccc(CNNc3ccccc3)cc2)cc1. The molecule has 3 heteroatoms. The highest BCUT2D eigenvalue weighted by molar-refractivity contribution is 5.41. The second kappa shape index (κ2) is 8.75. The van der Waals surface area contributed by atoms with Crippen LogP contribution in [0.2, 0.25) is 0 Å². The normalized spacial score (nSPS) is 10.3. The zero-order valence-corrected chi connectivity index (χ0v) is 13.6. The molecule has 2 N–H and O–H groups in total. The number of benzene rings is 3. The molecule has 0 bridgehead atoms. The van der Waals surface area contributed by atoms with Crippen LogP contribution >= 0.6 is 0 Å². The van der Waals surface area contributed by atoms with Crippen molar-refractivity contribution in [3.05, 3.63) is 96.1 Å². The molecule has 24 heavy (non-hydrogen) atoms. The first-order valence-corrected chi connectivity index (χ1v) is 8.20. The summed E-state index contributed by atoms with van der Waals surface area (Å²) in [5.41, 5.74) is 9.94. The average Bonchev–Trinajstić information content (AvgIpc) is 2.65. The third kappa shape index (κ3) is 5.14. The molecule has 0 saturated carbocycles. The molecule has 3 rings (SSSR count). The first-order valence-electron chi connectivity index (χ1n) is 8.20. The molecule has 3 aromatic rings. The van der Waals surface area contributed by atoms with Gasteiger partial charge in [-0.1, -0.05) is 60.7 Å². The smallest absolute Gasteiger partial charge is 0.119 e. The highest BCUT2D eigenvalue weighted by Gasteiger charge is 1.97. The lowest BCUT2D eigenvalue weighted by Gasteiger charge is -2.10. The van der Waals surface area contributed by atoms with E-state index in [0.717, 1.165) is 24.4 Å². The summed E-state index contributed by atoms with van der Waals surface area (Å²) in [7, 11) is 0. The van der Waals surface area contributed by atoms with Gasteiger partial charge in [-0.05, 0) is 35.4 Å². The van der Waals surface area contributed by atoms with Crippen LogP contribution in [0.3, 0.4) is 0 Å². The van der Waals surface area contributed by atoms with Gasteiger partial charge in [0.1, 0.15) is 5.75 Å². The van der Waals surface area contributed by atoms with Crippen molar-refractivity contribution in [2.75, 3.05) is 12.0 Å². The van der Waals surface area contributed by atoms with Gasteiger partial charge in [0.15, 0.2) is 0 Å². The number of nitrogens with one attached hydrogen (secondary N) is 2. The third-order valence-corrected chi connectivity index (χ3v) is 3.72. The topological polar surface area (TPSA) is 33.3 Å². The maximum atomic E-state index is 5.80. The molecular weight excluding hydrogens is 296 g/mol. The van der Waals surface area contributed by atoms with Gasteiger partial charge in [-0.25, -0.2) is 5.43 Å². The number of para-hydroxylation sites is 1. The van der Waals surface area contributed by atoms with E-state index in [-0.39, 0.29) is 0 Å². The Morgan fingerprint density at radius 3 is 2.04 bits per heavy atom. The lowest BCUT2D eigenvalue weighted by molar-refractivity contribution is 0.322. The highest BCUT2D eigenvalue weighted by Crippen LogP contribution is 2.13. The first-order chi connectivity index (χ1) is 11.9. The maximum Gasteiger partial charge on any atom is 0.119 e. The lowest BCUT2D eigenvalue weighted by Crippen LogP contribution is -2.20. The molecule has 3 aromatic carbocycles. The molecule has 0 aliphatic heterocycles. The van der Waals surface area contributed by atoms with Crippen LogP contribution < -0.4 is 15.6 Å². The third-order valence-electron chi connectivity index (χ3n) is 3.72. The summed E-state index contributed by atoms with van der Waals surface area (Å²) < 4.78 is 5.80. The molecule has 0 aromatic heterocycles. The van der Waals surface area contributed by atoms with Gasteiger partial charge in [0, 0.05) is 18.7 Å². The molecule has 0 unspecified atom stereocenters. The predicted molar refractivity (Wildman–Crippen MR) is 99.0 cm³/mol. The molecule has 0 spiro atoms. The molecule has 0 saturated heterocycles. The van der Waals surface area contributed by atoms with E-state index in [0.29, 0.717) is 6.61 Å². The van der Waals surface area contributed by atoms with E-state index >= 15 is 0 Å². The van der Waals surface area contributed by atoms with Crippen LogP contribution in [0.25, 0.3) is 0 Å². The Bertz CT molecular complexity index is 647. The van der Waals surface area contributed by atoms with Gasteiger partial charge in [-0.2, -0.15) is 0 Å². The average molecular weight is 318 g/mol. The Morgan fingerprint density at radius 2 is 1.33 bits per heavy atom. The van der Waals surface area contributed by atoms with E-state index in [2.05, 4.69) is 47.2 Å². The van der Waals surface area contributed by atoms with E-state index in [1.165, 1.54) is 11.1 Å². The number of hydrazine groups is 1. The standard InChI is InChI=1S/C21H22N2O/c1-3-7-18(8-4-1)15-16-24-21-13-11-19(12-14-21)17-22-23-20-9-5-2-6-10-20/h1-14,22-23H,15-17H2. The van der Waals surface area contributed by atoms with Crippen molar-refractivity contribution >= 4 is 5.69 Å². The summed E-state index contributed by atoms with van der Waals surface area (Å²) >= 11 is 0. The molecule has 0 atom stereocenters. The molecule has 0 radical (unpaired) electrons. The van der Waals surface area contributed by atoms with Crippen molar-refractivity contribution in [1.82, 2.24) is 5.43 Å². The van der Waals surface area contributed by atoms with Gasteiger partial charge in [-0.15, -0.1) is 0 Å². The molecule has 0 fully saturated rings. The number of hydrogen-bond donors (Lipinski definition) is 2. The van der Waals surface area contributed by atoms with Crippen molar-refractivity contribution < 1.29 is 4.74 Å². The van der Waals surface area contributed by atoms with Gasteiger partial charge in [0.25, 0.3) is 0 Å². The molecule has 0 heterocycles. The van der Waals surface area contributed by atoms with E-state index in [1.54, 1.807) is 0 Å². The second-order valence-corrected chi connectivity index (χ2v) is 5.57. The minimum atomic E-state index is 0.692. The van der Waals surface area contributed by atoms with Crippen LogP contribution in [-0.4, -0.2) is 6.61 Å². The maximum absolute atomic E-state index is 5.80.